The van der Waals surface area contributed by atoms with E-state index in [1.165, 1.54) is 4.88 Å². The van der Waals surface area contributed by atoms with Crippen LogP contribution in [0.4, 0.5) is 10.5 Å². The maximum absolute atomic E-state index is 12.2. The molecule has 0 spiro atoms. The number of pyridine rings is 1. The maximum Gasteiger partial charge on any atom is 0.319 e. The van der Waals surface area contributed by atoms with Crippen molar-refractivity contribution in [2.24, 2.45) is 0 Å². The molecular weight excluding hydrogens is 326 g/mol. The lowest BCUT2D eigenvalue weighted by molar-refractivity contribution is 0.0238. The summed E-state index contributed by atoms with van der Waals surface area (Å²) in [7, 11) is 0. The van der Waals surface area contributed by atoms with Crippen LogP contribution in [0.5, 0.6) is 0 Å². The number of aromatic nitrogens is 1. The molecule has 2 atom stereocenters. The molecule has 0 saturated carbocycles. The molecule has 3 rings (SSSR count). The second-order valence-electron chi connectivity index (χ2n) is 5.74. The quantitative estimate of drug-likeness (QED) is 0.893. The third kappa shape index (κ3) is 3.37. The number of anilines is 1. The van der Waals surface area contributed by atoms with E-state index in [1.54, 1.807) is 34.2 Å². The van der Waals surface area contributed by atoms with Gasteiger partial charge in [0.2, 0.25) is 0 Å². The number of nitrogens with zero attached hydrogens (tertiary/aromatic N) is 1. The number of aryl methyl sites for hydroxylation is 1. The zero-order valence-electron chi connectivity index (χ0n) is 13.7. The van der Waals surface area contributed by atoms with Gasteiger partial charge in [-0.05, 0) is 43.0 Å². The van der Waals surface area contributed by atoms with Crippen molar-refractivity contribution in [3.8, 4) is 0 Å². The number of carbonyl (C=O) groups is 1. The zero-order chi connectivity index (χ0) is 17.1. The number of rotatable bonds is 4. The first-order valence-corrected chi connectivity index (χ1v) is 8.93. The topological polar surface area (TPSA) is 72.4 Å². The normalized spacial score (nSPS) is 17.8. The lowest BCUT2D eigenvalue weighted by Crippen LogP contribution is -2.42. The third-order valence-corrected chi connectivity index (χ3v) is 5.13. The number of nitrogens with one attached hydrogen (secondary N) is 2. The molecule has 2 aromatic rings. The molecule has 3 heterocycles. The molecule has 0 radical (unpaired) electrons. The second kappa shape index (κ2) is 7.19. The van der Waals surface area contributed by atoms with Gasteiger partial charge in [0.05, 0.1) is 12.6 Å². The Morgan fingerprint density at radius 2 is 2.33 bits per heavy atom. The van der Waals surface area contributed by atoms with Gasteiger partial charge in [-0.1, -0.05) is 0 Å². The van der Waals surface area contributed by atoms with E-state index in [2.05, 4.69) is 22.1 Å². The Balaban J connectivity index is 1.67. The molecule has 2 N–H and O–H groups in total. The van der Waals surface area contributed by atoms with Crippen LogP contribution in [0.2, 0.25) is 0 Å². The standard InChI is InChI=1S/C17H21N3O3S/c1-3-20-8-4-5-13(16(20)21)19-17(22)18-11(2)15-12-7-10-24-14(12)6-9-23-15/h4-5,7-8,10-11,15H,3,6,9H2,1-2H3,(H2,18,19,22)/t11-,15-/m1/s1. The SMILES string of the molecule is CCn1cccc(NC(=O)N[C@H](C)[C@H]2OCCc3sccc32)c1=O. The summed E-state index contributed by atoms with van der Waals surface area (Å²) in [5.41, 5.74) is 1.20. The highest BCUT2D eigenvalue weighted by atomic mass is 32.1. The summed E-state index contributed by atoms with van der Waals surface area (Å²) in [6.07, 6.45) is 2.46. The summed E-state index contributed by atoms with van der Waals surface area (Å²) in [5.74, 6) is 0. The van der Waals surface area contributed by atoms with Gasteiger partial charge < -0.3 is 19.9 Å². The van der Waals surface area contributed by atoms with Crippen molar-refractivity contribution in [2.75, 3.05) is 11.9 Å². The lowest BCUT2D eigenvalue weighted by Gasteiger charge is -2.29. The van der Waals surface area contributed by atoms with Crippen molar-refractivity contribution in [3.63, 3.8) is 0 Å². The van der Waals surface area contributed by atoms with Crippen molar-refractivity contribution in [1.29, 1.82) is 0 Å². The first-order chi connectivity index (χ1) is 11.6. The summed E-state index contributed by atoms with van der Waals surface area (Å²) in [4.78, 5) is 25.7. The van der Waals surface area contributed by atoms with Crippen LogP contribution in [-0.4, -0.2) is 23.2 Å². The molecule has 0 unspecified atom stereocenters. The van der Waals surface area contributed by atoms with E-state index >= 15 is 0 Å². The highest BCUT2D eigenvalue weighted by molar-refractivity contribution is 7.10. The van der Waals surface area contributed by atoms with Gasteiger partial charge in [-0.2, -0.15) is 0 Å². The van der Waals surface area contributed by atoms with Gasteiger partial charge in [0.15, 0.2) is 0 Å². The van der Waals surface area contributed by atoms with Crippen molar-refractivity contribution < 1.29 is 9.53 Å². The molecule has 7 heteroatoms. The zero-order valence-corrected chi connectivity index (χ0v) is 14.6. The van der Waals surface area contributed by atoms with Gasteiger partial charge >= 0.3 is 6.03 Å². The Kier molecular flexibility index (Phi) is 5.01. The molecule has 128 valence electrons. The Labute approximate surface area is 144 Å². The minimum absolute atomic E-state index is 0.158. The molecule has 0 fully saturated rings. The smallest absolute Gasteiger partial charge is 0.319 e. The third-order valence-electron chi connectivity index (χ3n) is 4.13. The molecule has 24 heavy (non-hydrogen) atoms. The fourth-order valence-electron chi connectivity index (χ4n) is 2.91. The summed E-state index contributed by atoms with van der Waals surface area (Å²) in [5, 5.41) is 7.56. The largest absolute Gasteiger partial charge is 0.371 e. The lowest BCUT2D eigenvalue weighted by atomic mass is 10.0. The van der Waals surface area contributed by atoms with E-state index in [4.69, 9.17) is 4.74 Å². The van der Waals surface area contributed by atoms with Crippen LogP contribution in [0.1, 0.15) is 30.4 Å². The Morgan fingerprint density at radius 3 is 3.12 bits per heavy atom. The average molecular weight is 347 g/mol. The first-order valence-electron chi connectivity index (χ1n) is 8.05. The first kappa shape index (κ1) is 16.7. The Bertz CT molecular complexity index is 783. The molecule has 0 aliphatic carbocycles. The minimum Gasteiger partial charge on any atom is -0.371 e. The summed E-state index contributed by atoms with van der Waals surface area (Å²) < 4.78 is 7.38. The molecule has 2 amide bonds. The van der Waals surface area contributed by atoms with E-state index in [0.29, 0.717) is 13.2 Å². The number of thiophene rings is 1. The van der Waals surface area contributed by atoms with Gasteiger partial charge in [-0.25, -0.2) is 4.79 Å². The Hall–Kier alpha value is -2.12. The van der Waals surface area contributed by atoms with Crippen LogP contribution < -0.4 is 16.2 Å². The van der Waals surface area contributed by atoms with Gasteiger partial charge in [0.25, 0.3) is 5.56 Å². The van der Waals surface area contributed by atoms with Crippen LogP contribution >= 0.6 is 11.3 Å². The second-order valence-corrected chi connectivity index (χ2v) is 6.74. The molecule has 6 nitrogen and oxygen atoms in total. The van der Waals surface area contributed by atoms with Crippen molar-refractivity contribution in [2.45, 2.75) is 39.0 Å². The van der Waals surface area contributed by atoms with Crippen LogP contribution in [0.3, 0.4) is 0 Å². The van der Waals surface area contributed by atoms with E-state index in [0.717, 1.165) is 12.0 Å². The van der Waals surface area contributed by atoms with Crippen LogP contribution in [-0.2, 0) is 17.7 Å². The molecule has 2 aromatic heterocycles. The van der Waals surface area contributed by atoms with Crippen LogP contribution in [0.25, 0.3) is 0 Å². The number of amides is 2. The van der Waals surface area contributed by atoms with Gasteiger partial charge in [0.1, 0.15) is 11.8 Å². The van der Waals surface area contributed by atoms with E-state index < -0.39 is 6.03 Å². The maximum atomic E-state index is 12.2. The molecule has 0 bridgehead atoms. The number of hydrogen-bond acceptors (Lipinski definition) is 4. The molecule has 1 aliphatic rings. The van der Waals surface area contributed by atoms with Crippen molar-refractivity contribution >= 4 is 23.1 Å². The Morgan fingerprint density at radius 1 is 1.50 bits per heavy atom. The number of urea groups is 1. The van der Waals surface area contributed by atoms with Crippen LogP contribution in [0.15, 0.2) is 34.6 Å². The molecule has 0 saturated heterocycles. The predicted molar refractivity (Wildman–Crippen MR) is 94.7 cm³/mol. The van der Waals surface area contributed by atoms with E-state index in [9.17, 15) is 9.59 Å². The minimum atomic E-state index is -0.403. The molecule has 1 aliphatic heterocycles. The molecule has 0 aromatic carbocycles. The monoisotopic (exact) mass is 347 g/mol. The fraction of sp³-hybridized carbons (Fsp3) is 0.412. The highest BCUT2D eigenvalue weighted by Crippen LogP contribution is 2.33. The van der Waals surface area contributed by atoms with E-state index in [-0.39, 0.29) is 23.4 Å². The number of fused-ring (bicyclic) bond motifs is 1. The van der Waals surface area contributed by atoms with E-state index in [1.807, 2.05) is 13.8 Å². The number of hydrogen-bond donors (Lipinski definition) is 2. The average Bonchev–Trinajstić information content (AvgIpc) is 3.05. The van der Waals surface area contributed by atoms with Crippen molar-refractivity contribution in [3.05, 3.63) is 50.6 Å². The van der Waals surface area contributed by atoms with Gasteiger partial charge in [-0.3, -0.25) is 4.79 Å². The van der Waals surface area contributed by atoms with Gasteiger partial charge in [0, 0.05) is 24.0 Å². The van der Waals surface area contributed by atoms with Crippen LogP contribution in [0, 0.1) is 0 Å². The fourth-order valence-corrected chi connectivity index (χ4v) is 3.81. The van der Waals surface area contributed by atoms with Crippen molar-refractivity contribution in [1.82, 2.24) is 9.88 Å². The number of carbonyl (C=O) groups excluding carboxylic acids is 1. The summed E-state index contributed by atoms with van der Waals surface area (Å²) >= 11 is 1.72. The summed E-state index contributed by atoms with van der Waals surface area (Å²) in [6.45, 7) is 5.01. The predicted octanol–water partition coefficient (Wildman–Crippen LogP) is 2.75. The summed E-state index contributed by atoms with van der Waals surface area (Å²) in [6, 6.07) is 4.80. The highest BCUT2D eigenvalue weighted by Gasteiger charge is 2.28. The number of ether oxygens (including phenoxy) is 1. The molecular formula is C17H21N3O3S. The van der Waals surface area contributed by atoms with Gasteiger partial charge in [-0.15, -0.1) is 11.3 Å².